The van der Waals surface area contributed by atoms with E-state index in [2.05, 4.69) is 26.0 Å². The van der Waals surface area contributed by atoms with E-state index in [4.69, 9.17) is 10.5 Å². The van der Waals surface area contributed by atoms with Gasteiger partial charge in [-0.05, 0) is 25.3 Å². The van der Waals surface area contributed by atoms with Crippen LogP contribution in [0.1, 0.15) is 37.3 Å². The number of hydrogen-bond acceptors (Lipinski definition) is 3. The maximum atomic E-state index is 9.79. The zero-order valence-corrected chi connectivity index (χ0v) is 12.2. The molecule has 1 aromatic rings. The van der Waals surface area contributed by atoms with Crippen LogP contribution < -0.4 is 5.73 Å². The molecule has 1 atom stereocenters. The molecular formula is C16H27NO2. The maximum absolute atomic E-state index is 9.79. The molecule has 19 heavy (non-hydrogen) atoms. The predicted octanol–water partition coefficient (Wildman–Crippen LogP) is 2.39. The molecule has 0 aliphatic carbocycles. The van der Waals surface area contributed by atoms with Crippen molar-refractivity contribution in [1.29, 1.82) is 0 Å². The summed E-state index contributed by atoms with van der Waals surface area (Å²) in [6, 6.07) is 8.22. The summed E-state index contributed by atoms with van der Waals surface area (Å²) in [4.78, 5) is 0. The molecule has 0 saturated carbocycles. The highest BCUT2D eigenvalue weighted by Crippen LogP contribution is 2.27. The number of aliphatic hydroxyl groups excluding tert-OH is 1. The number of aliphatic hydroxyl groups is 1. The summed E-state index contributed by atoms with van der Waals surface area (Å²) in [5.74, 6) is 0. The van der Waals surface area contributed by atoms with Gasteiger partial charge in [-0.2, -0.15) is 0 Å². The molecule has 3 nitrogen and oxygen atoms in total. The van der Waals surface area contributed by atoms with E-state index in [9.17, 15) is 5.11 Å². The molecule has 108 valence electrons. The number of aryl methyl sites for hydroxylation is 1. The first-order valence-corrected chi connectivity index (χ1v) is 7.14. The molecule has 0 radical (unpaired) electrons. The van der Waals surface area contributed by atoms with E-state index in [0.29, 0.717) is 13.2 Å². The summed E-state index contributed by atoms with van der Waals surface area (Å²) in [6.45, 7) is 6.13. The Bertz CT molecular complexity index is 362. The van der Waals surface area contributed by atoms with E-state index in [1.165, 1.54) is 5.56 Å². The lowest BCUT2D eigenvalue weighted by Crippen LogP contribution is -2.40. The van der Waals surface area contributed by atoms with Crippen LogP contribution in [0.2, 0.25) is 0 Å². The second kappa shape index (κ2) is 8.31. The molecule has 0 aromatic heterocycles. The van der Waals surface area contributed by atoms with Gasteiger partial charge in [-0.3, -0.25) is 0 Å². The lowest BCUT2D eigenvalue weighted by Gasteiger charge is -2.31. The van der Waals surface area contributed by atoms with E-state index in [-0.39, 0.29) is 12.0 Å². The van der Waals surface area contributed by atoms with Gasteiger partial charge < -0.3 is 15.6 Å². The molecule has 0 amide bonds. The maximum Gasteiger partial charge on any atom is 0.0541 e. The van der Waals surface area contributed by atoms with Crippen LogP contribution in [0.5, 0.6) is 0 Å². The molecule has 0 fully saturated rings. The van der Waals surface area contributed by atoms with Crippen molar-refractivity contribution in [3.05, 3.63) is 35.4 Å². The largest absolute Gasteiger partial charge is 0.395 e. The minimum atomic E-state index is -0.377. The fourth-order valence-corrected chi connectivity index (χ4v) is 2.19. The Labute approximate surface area is 116 Å². The third-order valence-corrected chi connectivity index (χ3v) is 3.69. The molecule has 0 aliphatic rings. The Morgan fingerprint density at radius 2 is 2.11 bits per heavy atom. The number of rotatable bonds is 9. The van der Waals surface area contributed by atoms with Gasteiger partial charge in [0.15, 0.2) is 0 Å². The van der Waals surface area contributed by atoms with Crippen LogP contribution in [-0.4, -0.2) is 31.5 Å². The molecular weight excluding hydrogens is 238 g/mol. The molecule has 0 spiro atoms. The minimum Gasteiger partial charge on any atom is -0.395 e. The van der Waals surface area contributed by atoms with Gasteiger partial charge in [-0.25, -0.2) is 0 Å². The molecule has 3 N–H and O–H groups in total. The zero-order chi connectivity index (χ0) is 14.1. The molecule has 1 unspecified atom stereocenters. The van der Waals surface area contributed by atoms with Crippen molar-refractivity contribution in [2.24, 2.45) is 5.73 Å². The second-order valence-electron chi connectivity index (χ2n) is 5.23. The first kappa shape index (κ1) is 16.2. The monoisotopic (exact) mass is 265 g/mol. The summed E-state index contributed by atoms with van der Waals surface area (Å²) in [5.41, 5.74) is 7.85. The van der Waals surface area contributed by atoms with E-state index in [1.54, 1.807) is 0 Å². The van der Waals surface area contributed by atoms with Crippen LogP contribution in [0, 0.1) is 6.92 Å². The predicted molar refractivity (Wildman–Crippen MR) is 79.3 cm³/mol. The summed E-state index contributed by atoms with van der Waals surface area (Å²) in [5, 5.41) is 9.79. The van der Waals surface area contributed by atoms with Gasteiger partial charge in [0, 0.05) is 25.2 Å². The normalized spacial score (nSPS) is 14.3. The van der Waals surface area contributed by atoms with Crippen molar-refractivity contribution in [2.75, 3.05) is 26.4 Å². The van der Waals surface area contributed by atoms with Crippen molar-refractivity contribution in [1.82, 2.24) is 0 Å². The Balaban J connectivity index is 2.68. The molecule has 0 saturated heterocycles. The summed E-state index contributed by atoms with van der Waals surface area (Å²) >= 11 is 0. The quantitative estimate of drug-likeness (QED) is 0.674. The minimum absolute atomic E-state index is 0.0596. The van der Waals surface area contributed by atoms with Crippen molar-refractivity contribution >= 4 is 0 Å². The highest BCUT2D eigenvalue weighted by molar-refractivity contribution is 5.30. The second-order valence-corrected chi connectivity index (χ2v) is 5.23. The zero-order valence-electron chi connectivity index (χ0n) is 12.2. The highest BCUT2D eigenvalue weighted by Gasteiger charge is 2.29. The van der Waals surface area contributed by atoms with Crippen LogP contribution in [-0.2, 0) is 10.2 Å². The Kier molecular flexibility index (Phi) is 7.06. The Morgan fingerprint density at radius 1 is 1.32 bits per heavy atom. The first-order valence-electron chi connectivity index (χ1n) is 7.14. The van der Waals surface area contributed by atoms with Crippen LogP contribution in [0.3, 0.4) is 0 Å². The van der Waals surface area contributed by atoms with Crippen LogP contribution in [0.4, 0.5) is 0 Å². The van der Waals surface area contributed by atoms with E-state index in [0.717, 1.165) is 31.4 Å². The number of unbranched alkanes of at least 4 members (excludes halogenated alkanes) is 1. The van der Waals surface area contributed by atoms with E-state index in [1.807, 2.05) is 12.1 Å². The average molecular weight is 265 g/mol. The molecule has 0 heterocycles. The van der Waals surface area contributed by atoms with Gasteiger partial charge in [-0.15, -0.1) is 0 Å². The van der Waals surface area contributed by atoms with Crippen LogP contribution in [0.15, 0.2) is 24.3 Å². The third kappa shape index (κ3) is 4.60. The summed E-state index contributed by atoms with van der Waals surface area (Å²) in [6.07, 6.45) is 2.98. The third-order valence-electron chi connectivity index (χ3n) is 3.69. The van der Waals surface area contributed by atoms with E-state index >= 15 is 0 Å². The van der Waals surface area contributed by atoms with Crippen molar-refractivity contribution in [3.8, 4) is 0 Å². The topological polar surface area (TPSA) is 55.5 Å². The van der Waals surface area contributed by atoms with Gasteiger partial charge in [0.1, 0.15) is 0 Å². The van der Waals surface area contributed by atoms with Crippen LogP contribution in [0.25, 0.3) is 0 Å². The Hall–Kier alpha value is -0.900. The average Bonchev–Trinajstić information content (AvgIpc) is 2.43. The number of benzene rings is 1. The van der Waals surface area contributed by atoms with Crippen LogP contribution >= 0.6 is 0 Å². The highest BCUT2D eigenvalue weighted by atomic mass is 16.5. The lowest BCUT2D eigenvalue weighted by atomic mass is 9.78. The smallest absolute Gasteiger partial charge is 0.0541 e. The van der Waals surface area contributed by atoms with Crippen molar-refractivity contribution in [3.63, 3.8) is 0 Å². The SMILES string of the molecule is CCCCOCCC(CN)(CO)c1cccc(C)c1. The summed E-state index contributed by atoms with van der Waals surface area (Å²) < 4.78 is 5.62. The molecule has 3 heteroatoms. The first-order chi connectivity index (χ1) is 9.18. The van der Waals surface area contributed by atoms with Crippen molar-refractivity contribution < 1.29 is 9.84 Å². The van der Waals surface area contributed by atoms with E-state index < -0.39 is 0 Å². The molecule has 0 bridgehead atoms. The van der Waals surface area contributed by atoms with Gasteiger partial charge >= 0.3 is 0 Å². The van der Waals surface area contributed by atoms with Gasteiger partial charge in [0.25, 0.3) is 0 Å². The number of ether oxygens (including phenoxy) is 1. The number of hydrogen-bond donors (Lipinski definition) is 2. The van der Waals surface area contributed by atoms with Gasteiger partial charge in [0.05, 0.1) is 6.61 Å². The molecule has 0 aliphatic heterocycles. The molecule has 1 rings (SSSR count). The standard InChI is InChI=1S/C16H27NO2/c1-3-4-9-19-10-8-16(12-17,13-18)15-7-5-6-14(2)11-15/h5-7,11,18H,3-4,8-10,12-13,17H2,1-2H3. The Morgan fingerprint density at radius 3 is 2.68 bits per heavy atom. The summed E-state index contributed by atoms with van der Waals surface area (Å²) in [7, 11) is 0. The van der Waals surface area contributed by atoms with Crippen molar-refractivity contribution in [2.45, 2.75) is 38.5 Å². The fraction of sp³-hybridized carbons (Fsp3) is 0.625. The van der Waals surface area contributed by atoms with Gasteiger partial charge in [-0.1, -0.05) is 43.2 Å². The number of nitrogens with two attached hydrogens (primary N) is 1. The lowest BCUT2D eigenvalue weighted by molar-refractivity contribution is 0.0930. The molecule has 1 aromatic carbocycles. The fourth-order valence-electron chi connectivity index (χ4n) is 2.19. The van der Waals surface area contributed by atoms with Gasteiger partial charge in [0.2, 0.25) is 0 Å².